The Morgan fingerprint density at radius 1 is 0.929 bits per heavy atom. The molecule has 0 bridgehead atoms. The summed E-state index contributed by atoms with van der Waals surface area (Å²) in [6.45, 7) is 3.60. The van der Waals surface area contributed by atoms with Crippen molar-refractivity contribution < 1.29 is 0 Å². The Labute approximate surface area is 88.7 Å². The highest BCUT2D eigenvalue weighted by atomic mass is 14.9. The fourth-order valence-electron chi connectivity index (χ4n) is 3.07. The molecule has 0 amide bonds. The van der Waals surface area contributed by atoms with Gasteiger partial charge in [0.1, 0.15) is 0 Å². The molecule has 2 atom stereocenters. The molecule has 2 rings (SSSR count). The van der Waals surface area contributed by atoms with Gasteiger partial charge < -0.3 is 5.32 Å². The van der Waals surface area contributed by atoms with Crippen molar-refractivity contribution in [3.8, 4) is 0 Å². The van der Waals surface area contributed by atoms with E-state index in [1.54, 1.807) is 0 Å². The van der Waals surface area contributed by atoms with E-state index >= 15 is 0 Å². The van der Waals surface area contributed by atoms with Crippen LogP contribution < -0.4 is 5.32 Å². The van der Waals surface area contributed by atoms with Gasteiger partial charge in [0.25, 0.3) is 0 Å². The van der Waals surface area contributed by atoms with Gasteiger partial charge in [-0.05, 0) is 44.6 Å². The molecule has 1 heterocycles. The van der Waals surface area contributed by atoms with Crippen molar-refractivity contribution in [1.82, 2.24) is 5.32 Å². The molecule has 0 radical (unpaired) electrons. The van der Waals surface area contributed by atoms with Gasteiger partial charge in [0.2, 0.25) is 0 Å². The minimum atomic E-state index is 0.776. The highest BCUT2D eigenvalue weighted by molar-refractivity contribution is 4.76. The molecule has 2 fully saturated rings. The van der Waals surface area contributed by atoms with E-state index in [0.717, 1.165) is 17.9 Å². The molecular formula is C13H25N. The summed E-state index contributed by atoms with van der Waals surface area (Å²) >= 11 is 0. The summed E-state index contributed by atoms with van der Waals surface area (Å²) in [4.78, 5) is 0. The Kier molecular flexibility index (Phi) is 3.86. The summed E-state index contributed by atoms with van der Waals surface area (Å²) < 4.78 is 0. The van der Waals surface area contributed by atoms with Crippen molar-refractivity contribution >= 4 is 0 Å². The molecule has 1 N–H and O–H groups in total. The first-order valence-electron chi connectivity index (χ1n) is 6.58. The maximum Gasteiger partial charge on any atom is 0.00389 e. The Morgan fingerprint density at radius 2 is 1.64 bits per heavy atom. The zero-order valence-corrected chi connectivity index (χ0v) is 9.60. The standard InChI is InChI=1S/C13H25N/c1-11-6-7-13(10-14-11)9-8-12-4-2-3-5-12/h11-14H,2-10H2,1H3. The van der Waals surface area contributed by atoms with E-state index in [1.807, 2.05) is 0 Å². The first-order valence-corrected chi connectivity index (χ1v) is 6.58. The average molecular weight is 195 g/mol. The second-order valence-electron chi connectivity index (χ2n) is 5.48. The zero-order chi connectivity index (χ0) is 9.80. The molecule has 2 unspecified atom stereocenters. The minimum Gasteiger partial charge on any atom is -0.314 e. The molecule has 0 aromatic rings. The van der Waals surface area contributed by atoms with Gasteiger partial charge in [-0.3, -0.25) is 0 Å². The lowest BCUT2D eigenvalue weighted by atomic mass is 9.88. The smallest absolute Gasteiger partial charge is 0.00389 e. The molecule has 1 aliphatic carbocycles. The van der Waals surface area contributed by atoms with Crippen LogP contribution in [-0.2, 0) is 0 Å². The van der Waals surface area contributed by atoms with E-state index in [1.165, 1.54) is 57.9 Å². The molecule has 1 saturated heterocycles. The van der Waals surface area contributed by atoms with Crippen LogP contribution in [0, 0.1) is 11.8 Å². The molecule has 2 aliphatic rings. The van der Waals surface area contributed by atoms with Gasteiger partial charge in [-0.2, -0.15) is 0 Å². The van der Waals surface area contributed by atoms with Crippen LogP contribution >= 0.6 is 0 Å². The number of piperidine rings is 1. The fourth-order valence-corrected chi connectivity index (χ4v) is 3.07. The first-order chi connectivity index (χ1) is 6.84. The van der Waals surface area contributed by atoms with Crippen LogP contribution in [0.1, 0.15) is 58.3 Å². The SMILES string of the molecule is CC1CCC(CCC2CCCC2)CN1. The molecule has 14 heavy (non-hydrogen) atoms. The van der Waals surface area contributed by atoms with Crippen molar-refractivity contribution in [2.24, 2.45) is 11.8 Å². The molecule has 1 saturated carbocycles. The van der Waals surface area contributed by atoms with E-state index < -0.39 is 0 Å². The van der Waals surface area contributed by atoms with Gasteiger partial charge in [-0.15, -0.1) is 0 Å². The number of hydrogen-bond acceptors (Lipinski definition) is 1. The van der Waals surface area contributed by atoms with E-state index in [9.17, 15) is 0 Å². The predicted octanol–water partition coefficient (Wildman–Crippen LogP) is 3.34. The van der Waals surface area contributed by atoms with Gasteiger partial charge in [0.15, 0.2) is 0 Å². The second-order valence-corrected chi connectivity index (χ2v) is 5.48. The number of hydrogen-bond donors (Lipinski definition) is 1. The Balaban J connectivity index is 1.60. The van der Waals surface area contributed by atoms with Gasteiger partial charge in [0, 0.05) is 6.04 Å². The summed E-state index contributed by atoms with van der Waals surface area (Å²) in [5, 5.41) is 3.61. The van der Waals surface area contributed by atoms with Gasteiger partial charge in [-0.1, -0.05) is 32.1 Å². The van der Waals surface area contributed by atoms with Gasteiger partial charge in [0.05, 0.1) is 0 Å². The zero-order valence-electron chi connectivity index (χ0n) is 9.60. The van der Waals surface area contributed by atoms with Crippen LogP contribution in [0.15, 0.2) is 0 Å². The van der Waals surface area contributed by atoms with Crippen molar-refractivity contribution in [1.29, 1.82) is 0 Å². The number of rotatable bonds is 3. The molecule has 82 valence electrons. The van der Waals surface area contributed by atoms with E-state index in [0.29, 0.717) is 0 Å². The average Bonchev–Trinajstić information content (AvgIpc) is 2.70. The van der Waals surface area contributed by atoms with Gasteiger partial charge >= 0.3 is 0 Å². The summed E-state index contributed by atoms with van der Waals surface area (Å²) in [5.41, 5.74) is 0. The maximum absolute atomic E-state index is 3.61. The summed E-state index contributed by atoms with van der Waals surface area (Å²) in [6, 6.07) is 0.776. The summed E-state index contributed by atoms with van der Waals surface area (Å²) in [5.74, 6) is 2.08. The Hall–Kier alpha value is -0.0400. The minimum absolute atomic E-state index is 0.776. The lowest BCUT2D eigenvalue weighted by Gasteiger charge is -2.28. The van der Waals surface area contributed by atoms with Crippen molar-refractivity contribution in [3.63, 3.8) is 0 Å². The van der Waals surface area contributed by atoms with Gasteiger partial charge in [-0.25, -0.2) is 0 Å². The largest absolute Gasteiger partial charge is 0.314 e. The third-order valence-corrected chi connectivity index (χ3v) is 4.22. The Morgan fingerprint density at radius 3 is 2.29 bits per heavy atom. The normalized spacial score (nSPS) is 34.9. The van der Waals surface area contributed by atoms with Crippen LogP contribution in [-0.4, -0.2) is 12.6 Å². The summed E-state index contributed by atoms with van der Waals surface area (Å²) in [7, 11) is 0. The third kappa shape index (κ3) is 2.98. The van der Waals surface area contributed by atoms with Crippen molar-refractivity contribution in [2.75, 3.05) is 6.54 Å². The first kappa shape index (κ1) is 10.5. The second kappa shape index (κ2) is 5.16. The molecule has 1 aliphatic heterocycles. The monoisotopic (exact) mass is 195 g/mol. The van der Waals surface area contributed by atoms with Crippen LogP contribution in [0.25, 0.3) is 0 Å². The Bertz CT molecular complexity index is 153. The maximum atomic E-state index is 3.61. The number of nitrogens with one attached hydrogen (secondary N) is 1. The molecule has 1 nitrogen and oxygen atoms in total. The van der Waals surface area contributed by atoms with Crippen molar-refractivity contribution in [2.45, 2.75) is 64.3 Å². The molecule has 0 aromatic carbocycles. The molecule has 1 heteroatoms. The van der Waals surface area contributed by atoms with Crippen LogP contribution in [0.3, 0.4) is 0 Å². The molecule has 0 aromatic heterocycles. The highest BCUT2D eigenvalue weighted by Crippen LogP contribution is 2.31. The fraction of sp³-hybridized carbons (Fsp3) is 1.00. The molecule has 0 spiro atoms. The third-order valence-electron chi connectivity index (χ3n) is 4.22. The van der Waals surface area contributed by atoms with Crippen LogP contribution in [0.5, 0.6) is 0 Å². The van der Waals surface area contributed by atoms with E-state index in [-0.39, 0.29) is 0 Å². The molecular weight excluding hydrogens is 170 g/mol. The van der Waals surface area contributed by atoms with Crippen molar-refractivity contribution in [3.05, 3.63) is 0 Å². The van der Waals surface area contributed by atoms with Crippen LogP contribution in [0.2, 0.25) is 0 Å². The van der Waals surface area contributed by atoms with E-state index in [2.05, 4.69) is 12.2 Å². The topological polar surface area (TPSA) is 12.0 Å². The highest BCUT2D eigenvalue weighted by Gasteiger charge is 2.20. The summed E-state index contributed by atoms with van der Waals surface area (Å²) in [6.07, 6.45) is 11.9. The quantitative estimate of drug-likeness (QED) is 0.728. The lowest BCUT2D eigenvalue weighted by molar-refractivity contribution is 0.288. The van der Waals surface area contributed by atoms with Crippen LogP contribution in [0.4, 0.5) is 0 Å². The van der Waals surface area contributed by atoms with E-state index in [4.69, 9.17) is 0 Å². The predicted molar refractivity (Wildman–Crippen MR) is 61.4 cm³/mol. The lowest BCUT2D eigenvalue weighted by Crippen LogP contribution is -2.36.